The van der Waals surface area contributed by atoms with Gasteiger partial charge in [0.1, 0.15) is 11.7 Å². The van der Waals surface area contributed by atoms with Gasteiger partial charge in [-0.15, -0.1) is 0 Å². The van der Waals surface area contributed by atoms with Crippen molar-refractivity contribution in [2.24, 2.45) is 11.3 Å². The first-order valence-electron chi connectivity index (χ1n) is 8.69. The Labute approximate surface area is 149 Å². The molecule has 3 aromatic rings. The van der Waals surface area contributed by atoms with Gasteiger partial charge in [0.2, 0.25) is 5.91 Å². The topological polar surface area (TPSA) is 87.2 Å². The molecule has 1 atom stereocenters. The molecule has 7 nitrogen and oxygen atoms in total. The minimum atomic E-state index is -0.844. The number of aromatic nitrogens is 4. The Morgan fingerprint density at radius 3 is 2.77 bits per heavy atom. The summed E-state index contributed by atoms with van der Waals surface area (Å²) in [4.78, 5) is 23.0. The fraction of sp³-hybridized carbons (Fsp3) is 0.316. The van der Waals surface area contributed by atoms with Gasteiger partial charge in [-0.1, -0.05) is 0 Å². The van der Waals surface area contributed by atoms with Crippen LogP contribution in [0.1, 0.15) is 19.3 Å². The van der Waals surface area contributed by atoms with Crippen molar-refractivity contribution in [2.75, 3.05) is 11.4 Å². The molecule has 0 radical (unpaired) electrons. The smallest absolute Gasteiger partial charge is 0.247 e. The van der Waals surface area contributed by atoms with Crippen LogP contribution in [0.15, 0.2) is 43.2 Å². The second-order valence-corrected chi connectivity index (χ2v) is 6.97. The molecular formula is C19H16N6O. The number of hydrogen-bond acceptors (Lipinski definition) is 5. The highest BCUT2D eigenvalue weighted by Crippen LogP contribution is 2.52. The molecule has 1 aliphatic carbocycles. The van der Waals surface area contributed by atoms with Gasteiger partial charge in [-0.3, -0.25) is 4.79 Å². The van der Waals surface area contributed by atoms with Gasteiger partial charge >= 0.3 is 0 Å². The second kappa shape index (κ2) is 5.36. The molecule has 128 valence electrons. The Balaban J connectivity index is 1.59. The lowest BCUT2D eigenvalue weighted by Gasteiger charge is -2.21. The van der Waals surface area contributed by atoms with E-state index in [1.807, 2.05) is 18.3 Å². The maximum absolute atomic E-state index is 13.1. The lowest BCUT2D eigenvalue weighted by Crippen LogP contribution is -2.35. The molecule has 3 aromatic heterocycles. The van der Waals surface area contributed by atoms with Crippen molar-refractivity contribution in [3.05, 3.63) is 43.2 Å². The van der Waals surface area contributed by atoms with Crippen molar-refractivity contribution in [3.63, 3.8) is 0 Å². The fourth-order valence-corrected chi connectivity index (χ4v) is 3.95. The maximum Gasteiger partial charge on any atom is 0.247 e. The van der Waals surface area contributed by atoms with E-state index in [2.05, 4.69) is 21.1 Å². The Kier molecular flexibility index (Phi) is 3.10. The number of anilines is 1. The highest BCUT2D eigenvalue weighted by atomic mass is 16.2. The van der Waals surface area contributed by atoms with E-state index in [0.717, 1.165) is 35.2 Å². The van der Waals surface area contributed by atoms with E-state index < -0.39 is 5.41 Å². The van der Waals surface area contributed by atoms with Crippen molar-refractivity contribution >= 4 is 17.1 Å². The Hall–Kier alpha value is -3.27. The zero-order chi connectivity index (χ0) is 17.7. The Bertz CT molecular complexity index is 1050. The molecule has 0 unspecified atom stereocenters. The molecule has 1 amide bonds. The third-order valence-corrected chi connectivity index (χ3v) is 5.50. The number of nitrogens with zero attached hydrogens (tertiary/aromatic N) is 6. The molecule has 0 bridgehead atoms. The predicted octanol–water partition coefficient (Wildman–Crippen LogP) is 2.45. The van der Waals surface area contributed by atoms with E-state index in [-0.39, 0.29) is 11.8 Å². The summed E-state index contributed by atoms with van der Waals surface area (Å²) in [7, 11) is 0. The van der Waals surface area contributed by atoms with Crippen molar-refractivity contribution in [1.29, 1.82) is 5.26 Å². The summed E-state index contributed by atoms with van der Waals surface area (Å²) >= 11 is 0. The van der Waals surface area contributed by atoms with Crippen LogP contribution in [0, 0.1) is 22.7 Å². The van der Waals surface area contributed by atoms with Crippen LogP contribution < -0.4 is 4.90 Å². The summed E-state index contributed by atoms with van der Waals surface area (Å²) in [6, 6.07) is 6.17. The lowest BCUT2D eigenvalue weighted by molar-refractivity contribution is -0.123. The van der Waals surface area contributed by atoms with Crippen LogP contribution in [0.2, 0.25) is 0 Å². The Morgan fingerprint density at radius 1 is 1.23 bits per heavy atom. The van der Waals surface area contributed by atoms with Crippen molar-refractivity contribution in [1.82, 2.24) is 19.6 Å². The van der Waals surface area contributed by atoms with Crippen molar-refractivity contribution < 1.29 is 4.79 Å². The van der Waals surface area contributed by atoms with Crippen LogP contribution in [-0.4, -0.2) is 32.0 Å². The van der Waals surface area contributed by atoms with Gasteiger partial charge in [0.05, 0.1) is 17.3 Å². The van der Waals surface area contributed by atoms with E-state index >= 15 is 0 Å². The molecule has 0 aromatic carbocycles. The first-order chi connectivity index (χ1) is 12.7. The molecule has 1 saturated heterocycles. The highest BCUT2D eigenvalue weighted by molar-refractivity contribution is 6.05. The molecule has 0 spiro atoms. The SMILES string of the molecule is N#C[C@@]1(C2CC2)CCN(c2ccnn3cc(-c4cncnc4)cc23)C1=O. The zero-order valence-corrected chi connectivity index (χ0v) is 14.0. The van der Waals surface area contributed by atoms with E-state index in [4.69, 9.17) is 0 Å². The maximum atomic E-state index is 13.1. The molecule has 2 fully saturated rings. The van der Waals surface area contributed by atoms with Crippen molar-refractivity contribution in [3.8, 4) is 17.2 Å². The summed E-state index contributed by atoms with van der Waals surface area (Å²) in [5.41, 5.74) is 2.62. The standard InChI is InChI=1S/C19H16N6O/c20-11-19(15-1-2-15)4-6-24(18(19)26)16-3-5-23-25-10-13(7-17(16)25)14-8-21-12-22-9-14/h3,5,7-10,12,15H,1-2,4,6H2/t19-/m1/s1. The summed E-state index contributed by atoms with van der Waals surface area (Å²) in [5.74, 6) is 0.146. The first kappa shape index (κ1) is 15.0. The summed E-state index contributed by atoms with van der Waals surface area (Å²) in [5, 5.41) is 14.1. The van der Waals surface area contributed by atoms with Gasteiger partial charge in [-0.25, -0.2) is 14.5 Å². The first-order valence-corrected chi connectivity index (χ1v) is 8.69. The van der Waals surface area contributed by atoms with Gasteiger partial charge in [-0.05, 0) is 37.3 Å². The molecule has 5 rings (SSSR count). The largest absolute Gasteiger partial charge is 0.309 e. The van der Waals surface area contributed by atoms with Crippen LogP contribution >= 0.6 is 0 Å². The predicted molar refractivity (Wildman–Crippen MR) is 94.0 cm³/mol. The number of carbonyl (C=O) groups is 1. The zero-order valence-electron chi connectivity index (χ0n) is 14.0. The summed E-state index contributed by atoms with van der Waals surface area (Å²) < 4.78 is 1.76. The van der Waals surface area contributed by atoms with Crippen LogP contribution in [0.4, 0.5) is 5.69 Å². The van der Waals surface area contributed by atoms with Gasteiger partial charge < -0.3 is 4.90 Å². The van der Waals surface area contributed by atoms with Crippen LogP contribution in [-0.2, 0) is 4.79 Å². The second-order valence-electron chi connectivity index (χ2n) is 6.97. The lowest BCUT2D eigenvalue weighted by atomic mass is 9.83. The average molecular weight is 344 g/mol. The average Bonchev–Trinajstić information content (AvgIpc) is 3.35. The van der Waals surface area contributed by atoms with Gasteiger partial charge in [0, 0.05) is 42.5 Å². The van der Waals surface area contributed by atoms with E-state index in [1.165, 1.54) is 6.33 Å². The third-order valence-electron chi connectivity index (χ3n) is 5.50. The minimum absolute atomic E-state index is 0.0682. The molecule has 1 aliphatic heterocycles. The number of amides is 1. The highest BCUT2D eigenvalue weighted by Gasteiger charge is 2.56. The molecule has 2 aliphatic rings. The van der Waals surface area contributed by atoms with Crippen LogP contribution in [0.3, 0.4) is 0 Å². The van der Waals surface area contributed by atoms with Gasteiger partial charge in [0.15, 0.2) is 0 Å². The number of fused-ring (bicyclic) bond motifs is 1. The van der Waals surface area contributed by atoms with Gasteiger partial charge in [0.25, 0.3) is 0 Å². The molecule has 0 N–H and O–H groups in total. The molecule has 26 heavy (non-hydrogen) atoms. The van der Waals surface area contributed by atoms with Crippen LogP contribution in [0.5, 0.6) is 0 Å². The fourth-order valence-electron chi connectivity index (χ4n) is 3.95. The number of carbonyl (C=O) groups excluding carboxylic acids is 1. The summed E-state index contributed by atoms with van der Waals surface area (Å²) in [6.45, 7) is 0.567. The van der Waals surface area contributed by atoms with Crippen LogP contribution in [0.25, 0.3) is 16.6 Å². The number of nitriles is 1. The van der Waals surface area contributed by atoms with Crippen molar-refractivity contribution in [2.45, 2.75) is 19.3 Å². The minimum Gasteiger partial charge on any atom is -0.309 e. The summed E-state index contributed by atoms with van der Waals surface area (Å²) in [6.07, 6.45) is 11.1. The van der Waals surface area contributed by atoms with Gasteiger partial charge in [-0.2, -0.15) is 10.4 Å². The van der Waals surface area contributed by atoms with E-state index in [1.54, 1.807) is 28.0 Å². The number of rotatable bonds is 3. The Morgan fingerprint density at radius 2 is 2.04 bits per heavy atom. The van der Waals surface area contributed by atoms with E-state index in [0.29, 0.717) is 13.0 Å². The molecule has 1 saturated carbocycles. The monoisotopic (exact) mass is 344 g/mol. The normalized spacial score (nSPS) is 22.7. The number of hydrogen-bond donors (Lipinski definition) is 0. The molecule has 4 heterocycles. The molecule has 7 heteroatoms. The third kappa shape index (κ3) is 2.05. The van der Waals surface area contributed by atoms with E-state index in [9.17, 15) is 10.1 Å². The molecular weight excluding hydrogens is 328 g/mol. The quantitative estimate of drug-likeness (QED) is 0.728.